The highest BCUT2D eigenvalue weighted by atomic mass is 14.6. The summed E-state index contributed by atoms with van der Waals surface area (Å²) < 4.78 is 0. The second-order valence-corrected chi connectivity index (χ2v) is 14.3. The standard InChI is InChI=1S/C47H32/c1-45(2)35-20-8-3-19-33(35)34-27-43-44(28-42(34)45)47(38-23-11-6-17-31(38)32-18-7-12-24-39(32)47)41-26-14-13-25-40(41)46(43)36-21-9-4-15-29(36)30-16-5-10-22-37(30)46/h3-28H,1-2H3. The van der Waals surface area contributed by atoms with Crippen LogP contribution in [-0.2, 0) is 16.2 Å². The Bertz CT molecular complexity index is 2410. The predicted molar refractivity (Wildman–Crippen MR) is 192 cm³/mol. The van der Waals surface area contributed by atoms with Crippen molar-refractivity contribution in [1.82, 2.24) is 0 Å². The first-order chi connectivity index (χ1) is 23.1. The Morgan fingerprint density at radius 1 is 0.255 bits per heavy atom. The van der Waals surface area contributed by atoms with Crippen LogP contribution in [0.2, 0.25) is 0 Å². The van der Waals surface area contributed by atoms with Gasteiger partial charge in [-0.25, -0.2) is 0 Å². The van der Waals surface area contributed by atoms with Crippen molar-refractivity contribution in [3.8, 4) is 33.4 Å². The summed E-state index contributed by atoms with van der Waals surface area (Å²) >= 11 is 0. The molecule has 0 N–H and O–H groups in total. The summed E-state index contributed by atoms with van der Waals surface area (Å²) in [6, 6.07) is 60.5. The van der Waals surface area contributed by atoms with Gasteiger partial charge < -0.3 is 0 Å². The molecule has 0 saturated carbocycles. The molecule has 0 aromatic heterocycles. The summed E-state index contributed by atoms with van der Waals surface area (Å²) in [5.74, 6) is 0. The summed E-state index contributed by atoms with van der Waals surface area (Å²) in [5, 5.41) is 0. The molecule has 47 heavy (non-hydrogen) atoms. The van der Waals surface area contributed by atoms with Crippen LogP contribution in [0.25, 0.3) is 33.4 Å². The lowest BCUT2D eigenvalue weighted by molar-refractivity contribution is 0.620. The summed E-state index contributed by atoms with van der Waals surface area (Å²) in [4.78, 5) is 0. The monoisotopic (exact) mass is 596 g/mol. The van der Waals surface area contributed by atoms with E-state index >= 15 is 0 Å². The van der Waals surface area contributed by atoms with Gasteiger partial charge in [-0.15, -0.1) is 0 Å². The van der Waals surface area contributed by atoms with Crippen LogP contribution in [0.3, 0.4) is 0 Å². The number of fused-ring (bicyclic) bond motifs is 19. The van der Waals surface area contributed by atoms with Crippen molar-refractivity contribution < 1.29 is 0 Å². The lowest BCUT2D eigenvalue weighted by Gasteiger charge is -2.49. The minimum Gasteiger partial charge on any atom is -0.0619 e. The number of hydrogen-bond acceptors (Lipinski definition) is 0. The van der Waals surface area contributed by atoms with Crippen molar-refractivity contribution in [2.45, 2.75) is 30.1 Å². The normalized spacial score (nSPS) is 16.8. The van der Waals surface area contributed by atoms with E-state index in [2.05, 4.69) is 172 Å². The Balaban J connectivity index is 1.41. The maximum atomic E-state index is 2.64. The summed E-state index contributed by atoms with van der Waals surface area (Å²) in [7, 11) is 0. The fourth-order valence-electron chi connectivity index (χ4n) is 10.4. The Labute approximate surface area is 276 Å². The van der Waals surface area contributed by atoms with E-state index < -0.39 is 10.8 Å². The van der Waals surface area contributed by atoms with Gasteiger partial charge in [-0.2, -0.15) is 0 Å². The topological polar surface area (TPSA) is 0 Å². The quantitative estimate of drug-likeness (QED) is 0.163. The third kappa shape index (κ3) is 2.73. The van der Waals surface area contributed by atoms with Crippen molar-refractivity contribution in [3.63, 3.8) is 0 Å². The van der Waals surface area contributed by atoms with Gasteiger partial charge in [0, 0.05) is 5.41 Å². The zero-order valence-electron chi connectivity index (χ0n) is 26.5. The number of benzene rings is 7. The Morgan fingerprint density at radius 2 is 0.553 bits per heavy atom. The molecule has 4 aliphatic carbocycles. The number of hydrogen-bond donors (Lipinski definition) is 0. The molecular formula is C47H32. The predicted octanol–water partition coefficient (Wildman–Crippen LogP) is 11.0. The molecule has 0 bridgehead atoms. The van der Waals surface area contributed by atoms with Crippen molar-refractivity contribution in [1.29, 1.82) is 0 Å². The van der Waals surface area contributed by atoms with Crippen LogP contribution in [0.15, 0.2) is 158 Å². The van der Waals surface area contributed by atoms with Crippen LogP contribution in [0.1, 0.15) is 69.5 Å². The molecule has 0 saturated heterocycles. The zero-order valence-corrected chi connectivity index (χ0v) is 26.5. The van der Waals surface area contributed by atoms with Crippen LogP contribution in [0.5, 0.6) is 0 Å². The van der Waals surface area contributed by atoms with Crippen LogP contribution < -0.4 is 0 Å². The van der Waals surface area contributed by atoms with Crippen LogP contribution in [0.4, 0.5) is 0 Å². The van der Waals surface area contributed by atoms with Crippen LogP contribution >= 0.6 is 0 Å². The average Bonchev–Trinajstić information content (AvgIpc) is 3.67. The van der Waals surface area contributed by atoms with Gasteiger partial charge in [0.25, 0.3) is 0 Å². The highest BCUT2D eigenvalue weighted by molar-refractivity contribution is 5.95. The third-order valence-electron chi connectivity index (χ3n) is 12.2. The summed E-state index contributed by atoms with van der Waals surface area (Å²) in [5.41, 5.74) is 21.1. The van der Waals surface area contributed by atoms with Crippen molar-refractivity contribution >= 4 is 0 Å². The molecular weight excluding hydrogens is 565 g/mol. The first kappa shape index (κ1) is 25.7. The van der Waals surface area contributed by atoms with Gasteiger partial charge in [-0.05, 0) is 95.1 Å². The summed E-state index contributed by atoms with van der Waals surface area (Å²) in [6.07, 6.45) is 0. The first-order valence-electron chi connectivity index (χ1n) is 16.9. The van der Waals surface area contributed by atoms with E-state index in [1.165, 1.54) is 89.0 Å². The van der Waals surface area contributed by atoms with Gasteiger partial charge in [0.2, 0.25) is 0 Å². The SMILES string of the molecule is CC1(C)c2ccccc2-c2cc3c(cc21)C1(c2ccccc2-c2ccccc21)c1ccccc1C31c2ccccc2-c2ccccc21. The van der Waals surface area contributed by atoms with Gasteiger partial charge in [-0.3, -0.25) is 0 Å². The molecule has 7 aromatic carbocycles. The van der Waals surface area contributed by atoms with E-state index in [1.807, 2.05) is 0 Å². The maximum absolute atomic E-state index is 2.64. The van der Waals surface area contributed by atoms with Gasteiger partial charge >= 0.3 is 0 Å². The molecule has 0 aliphatic heterocycles. The molecule has 0 unspecified atom stereocenters. The Kier molecular flexibility index (Phi) is 4.63. The third-order valence-corrected chi connectivity index (χ3v) is 12.2. The lowest BCUT2D eigenvalue weighted by atomic mass is 9.52. The highest BCUT2D eigenvalue weighted by Crippen LogP contribution is 2.68. The molecule has 0 nitrogen and oxygen atoms in total. The molecule has 0 radical (unpaired) electrons. The molecule has 2 spiro atoms. The number of rotatable bonds is 0. The fraction of sp³-hybridized carbons (Fsp3) is 0.106. The van der Waals surface area contributed by atoms with E-state index in [1.54, 1.807) is 0 Å². The van der Waals surface area contributed by atoms with Gasteiger partial charge in [0.1, 0.15) is 0 Å². The van der Waals surface area contributed by atoms with E-state index in [0.29, 0.717) is 0 Å². The smallest absolute Gasteiger partial charge is 0.0619 e. The highest BCUT2D eigenvalue weighted by Gasteiger charge is 2.59. The van der Waals surface area contributed by atoms with Crippen molar-refractivity contribution in [3.05, 3.63) is 213 Å². The second kappa shape index (κ2) is 8.46. The molecule has 4 aliphatic rings. The molecule has 0 heterocycles. The minimum atomic E-state index is -0.451. The molecule has 0 heteroatoms. The second-order valence-electron chi connectivity index (χ2n) is 14.3. The zero-order chi connectivity index (χ0) is 31.1. The molecule has 11 rings (SSSR count). The Hall–Kier alpha value is -5.46. The maximum Gasteiger partial charge on any atom is 0.0720 e. The first-order valence-corrected chi connectivity index (χ1v) is 16.9. The largest absolute Gasteiger partial charge is 0.0720 e. The van der Waals surface area contributed by atoms with Gasteiger partial charge in [0.15, 0.2) is 0 Å². The van der Waals surface area contributed by atoms with E-state index in [4.69, 9.17) is 0 Å². The van der Waals surface area contributed by atoms with Crippen LogP contribution in [0, 0.1) is 0 Å². The summed E-state index contributed by atoms with van der Waals surface area (Å²) in [6.45, 7) is 4.83. The van der Waals surface area contributed by atoms with E-state index in [-0.39, 0.29) is 5.41 Å². The molecule has 220 valence electrons. The lowest BCUT2D eigenvalue weighted by Crippen LogP contribution is -2.44. The minimum absolute atomic E-state index is 0.116. The average molecular weight is 597 g/mol. The van der Waals surface area contributed by atoms with Crippen LogP contribution in [-0.4, -0.2) is 0 Å². The van der Waals surface area contributed by atoms with Crippen molar-refractivity contribution in [2.24, 2.45) is 0 Å². The molecule has 0 atom stereocenters. The Morgan fingerprint density at radius 3 is 0.957 bits per heavy atom. The van der Waals surface area contributed by atoms with Gasteiger partial charge in [0.05, 0.1) is 10.8 Å². The molecule has 0 amide bonds. The fourth-order valence-corrected chi connectivity index (χ4v) is 10.4. The molecule has 7 aromatic rings. The molecule has 0 fully saturated rings. The van der Waals surface area contributed by atoms with Crippen molar-refractivity contribution in [2.75, 3.05) is 0 Å². The van der Waals surface area contributed by atoms with Gasteiger partial charge in [-0.1, -0.05) is 166 Å². The van der Waals surface area contributed by atoms with E-state index in [9.17, 15) is 0 Å². The van der Waals surface area contributed by atoms with E-state index in [0.717, 1.165) is 0 Å².